The molecule has 1 atom stereocenters. The number of hydrogen-bond acceptors (Lipinski definition) is 3. The van der Waals surface area contributed by atoms with Crippen LogP contribution in [0.2, 0.25) is 0 Å². The molecule has 1 fully saturated rings. The molecule has 1 aromatic rings. The van der Waals surface area contributed by atoms with E-state index in [0.717, 1.165) is 31.6 Å². The first-order chi connectivity index (χ1) is 9.24. The van der Waals surface area contributed by atoms with Crippen molar-refractivity contribution < 1.29 is 14.3 Å². The molecule has 3 nitrogen and oxygen atoms in total. The maximum Gasteiger partial charge on any atom is 0.313 e. The molecule has 1 unspecified atom stereocenters. The van der Waals surface area contributed by atoms with Crippen LogP contribution in [0.15, 0.2) is 24.3 Å². The molecule has 1 aliphatic heterocycles. The Morgan fingerprint density at radius 2 is 2.00 bits per heavy atom. The topological polar surface area (TPSA) is 35.5 Å². The smallest absolute Gasteiger partial charge is 0.313 e. The van der Waals surface area contributed by atoms with E-state index in [1.165, 1.54) is 5.56 Å². The molecule has 2 rings (SSSR count). The molecule has 0 N–H and O–H groups in total. The summed E-state index contributed by atoms with van der Waals surface area (Å²) in [4.78, 5) is 12.1. The predicted molar refractivity (Wildman–Crippen MR) is 74.1 cm³/mol. The van der Waals surface area contributed by atoms with Gasteiger partial charge in [0.2, 0.25) is 0 Å². The highest BCUT2D eigenvalue weighted by Gasteiger charge is 2.29. The molecule has 1 aliphatic rings. The molecule has 0 radical (unpaired) electrons. The van der Waals surface area contributed by atoms with Crippen LogP contribution in [0.25, 0.3) is 0 Å². The minimum absolute atomic E-state index is 0.112. The third-order valence-electron chi connectivity index (χ3n) is 3.64. The fraction of sp³-hybridized carbons (Fsp3) is 0.562. The van der Waals surface area contributed by atoms with E-state index in [1.807, 2.05) is 6.92 Å². The SMILES string of the molecule is CCOC(=O)C(CC1COC1)c1ccc(CC)cc1. The Morgan fingerprint density at radius 1 is 1.32 bits per heavy atom. The first-order valence-corrected chi connectivity index (χ1v) is 7.07. The zero-order chi connectivity index (χ0) is 13.7. The van der Waals surface area contributed by atoms with Gasteiger partial charge in [0.15, 0.2) is 0 Å². The molecule has 0 aliphatic carbocycles. The van der Waals surface area contributed by atoms with E-state index in [1.54, 1.807) is 0 Å². The number of benzene rings is 1. The van der Waals surface area contributed by atoms with Crippen molar-refractivity contribution in [3.05, 3.63) is 35.4 Å². The van der Waals surface area contributed by atoms with Crippen LogP contribution in [0.5, 0.6) is 0 Å². The Hall–Kier alpha value is -1.35. The van der Waals surface area contributed by atoms with E-state index in [4.69, 9.17) is 9.47 Å². The fourth-order valence-corrected chi connectivity index (χ4v) is 2.35. The van der Waals surface area contributed by atoms with Gasteiger partial charge in [-0.2, -0.15) is 0 Å². The van der Waals surface area contributed by atoms with Gasteiger partial charge in [0.1, 0.15) is 0 Å². The summed E-state index contributed by atoms with van der Waals surface area (Å²) >= 11 is 0. The van der Waals surface area contributed by atoms with Gasteiger partial charge in [-0.15, -0.1) is 0 Å². The van der Waals surface area contributed by atoms with Crippen molar-refractivity contribution in [1.82, 2.24) is 0 Å². The van der Waals surface area contributed by atoms with E-state index in [-0.39, 0.29) is 11.9 Å². The van der Waals surface area contributed by atoms with E-state index >= 15 is 0 Å². The fourth-order valence-electron chi connectivity index (χ4n) is 2.35. The van der Waals surface area contributed by atoms with Crippen molar-refractivity contribution in [2.24, 2.45) is 5.92 Å². The summed E-state index contributed by atoms with van der Waals surface area (Å²) in [5, 5.41) is 0. The second-order valence-corrected chi connectivity index (χ2v) is 5.04. The van der Waals surface area contributed by atoms with E-state index in [0.29, 0.717) is 12.5 Å². The average Bonchev–Trinajstić information content (AvgIpc) is 2.38. The zero-order valence-corrected chi connectivity index (χ0v) is 11.7. The molecule has 104 valence electrons. The van der Waals surface area contributed by atoms with Gasteiger partial charge in [0.05, 0.1) is 25.7 Å². The number of rotatable bonds is 6. The van der Waals surface area contributed by atoms with Crippen molar-refractivity contribution >= 4 is 5.97 Å². The summed E-state index contributed by atoms with van der Waals surface area (Å²) in [6.07, 6.45) is 1.84. The Balaban J connectivity index is 2.11. The minimum Gasteiger partial charge on any atom is -0.466 e. The normalized spacial score (nSPS) is 16.7. The quantitative estimate of drug-likeness (QED) is 0.739. The number of carbonyl (C=O) groups excluding carboxylic acids is 1. The first-order valence-electron chi connectivity index (χ1n) is 7.07. The Morgan fingerprint density at radius 3 is 2.47 bits per heavy atom. The third-order valence-corrected chi connectivity index (χ3v) is 3.64. The van der Waals surface area contributed by atoms with E-state index in [9.17, 15) is 4.79 Å². The van der Waals surface area contributed by atoms with Gasteiger partial charge < -0.3 is 9.47 Å². The van der Waals surface area contributed by atoms with Crippen LogP contribution in [-0.2, 0) is 20.7 Å². The Labute approximate surface area is 114 Å². The molecule has 0 bridgehead atoms. The lowest BCUT2D eigenvalue weighted by molar-refractivity contribution is -0.146. The second-order valence-electron chi connectivity index (χ2n) is 5.04. The van der Waals surface area contributed by atoms with Gasteiger partial charge in [0.25, 0.3) is 0 Å². The highest BCUT2D eigenvalue weighted by Crippen LogP contribution is 2.29. The van der Waals surface area contributed by atoms with Crippen LogP contribution >= 0.6 is 0 Å². The van der Waals surface area contributed by atoms with Crippen molar-refractivity contribution in [2.45, 2.75) is 32.6 Å². The van der Waals surface area contributed by atoms with Gasteiger partial charge in [0, 0.05) is 5.92 Å². The standard InChI is InChI=1S/C16H22O3/c1-3-12-5-7-14(8-6-12)15(16(17)19-4-2)9-13-10-18-11-13/h5-8,13,15H,3-4,9-11H2,1-2H3. The van der Waals surface area contributed by atoms with Gasteiger partial charge >= 0.3 is 5.97 Å². The predicted octanol–water partition coefficient (Wildman–Crippen LogP) is 2.93. The number of esters is 1. The summed E-state index contributed by atoms with van der Waals surface area (Å²) in [6, 6.07) is 8.30. The maximum atomic E-state index is 12.1. The summed E-state index contributed by atoms with van der Waals surface area (Å²) in [7, 11) is 0. The largest absolute Gasteiger partial charge is 0.466 e. The van der Waals surface area contributed by atoms with Crippen LogP contribution in [0, 0.1) is 5.92 Å². The van der Waals surface area contributed by atoms with Crippen molar-refractivity contribution in [1.29, 1.82) is 0 Å². The highest BCUT2D eigenvalue weighted by atomic mass is 16.5. The maximum absolute atomic E-state index is 12.1. The molecule has 0 amide bonds. The summed E-state index contributed by atoms with van der Waals surface area (Å²) in [6.45, 7) is 5.95. The molecule has 1 saturated heterocycles. The van der Waals surface area contributed by atoms with Crippen LogP contribution in [0.3, 0.4) is 0 Å². The Bertz CT molecular complexity index is 407. The first kappa shape index (κ1) is 14.1. The molecule has 19 heavy (non-hydrogen) atoms. The van der Waals surface area contributed by atoms with Crippen LogP contribution in [0.4, 0.5) is 0 Å². The van der Waals surface area contributed by atoms with Gasteiger partial charge in [-0.25, -0.2) is 0 Å². The van der Waals surface area contributed by atoms with Crippen LogP contribution in [-0.4, -0.2) is 25.8 Å². The second kappa shape index (κ2) is 6.71. The van der Waals surface area contributed by atoms with Crippen LogP contribution < -0.4 is 0 Å². The number of ether oxygens (including phenoxy) is 2. The van der Waals surface area contributed by atoms with Gasteiger partial charge in [-0.3, -0.25) is 4.79 Å². The molecule has 3 heteroatoms. The highest BCUT2D eigenvalue weighted by molar-refractivity contribution is 5.78. The van der Waals surface area contributed by atoms with Crippen molar-refractivity contribution in [3.8, 4) is 0 Å². The number of carbonyl (C=O) groups is 1. The molecule has 1 aromatic carbocycles. The Kier molecular flexibility index (Phi) is 4.97. The average molecular weight is 262 g/mol. The van der Waals surface area contributed by atoms with E-state index in [2.05, 4.69) is 31.2 Å². The van der Waals surface area contributed by atoms with Crippen LogP contribution in [0.1, 0.15) is 37.3 Å². The number of aryl methyl sites for hydroxylation is 1. The van der Waals surface area contributed by atoms with E-state index < -0.39 is 0 Å². The third kappa shape index (κ3) is 3.57. The summed E-state index contributed by atoms with van der Waals surface area (Å²) in [5.74, 6) is 0.221. The molecule has 0 aromatic heterocycles. The lowest BCUT2D eigenvalue weighted by atomic mass is 9.87. The minimum atomic E-state index is -0.153. The molecule has 0 spiro atoms. The zero-order valence-electron chi connectivity index (χ0n) is 11.7. The molecular weight excluding hydrogens is 240 g/mol. The van der Waals surface area contributed by atoms with Gasteiger partial charge in [-0.1, -0.05) is 31.2 Å². The molecule has 1 heterocycles. The monoisotopic (exact) mass is 262 g/mol. The van der Waals surface area contributed by atoms with Gasteiger partial charge in [-0.05, 0) is 30.9 Å². The summed E-state index contributed by atoms with van der Waals surface area (Å²) in [5.41, 5.74) is 2.35. The molecule has 0 saturated carbocycles. The summed E-state index contributed by atoms with van der Waals surface area (Å²) < 4.78 is 10.4. The lowest BCUT2D eigenvalue weighted by Gasteiger charge is -2.29. The molecular formula is C16H22O3. The number of hydrogen-bond donors (Lipinski definition) is 0. The lowest BCUT2D eigenvalue weighted by Crippen LogP contribution is -2.31. The van der Waals surface area contributed by atoms with Crippen molar-refractivity contribution in [3.63, 3.8) is 0 Å². The van der Waals surface area contributed by atoms with Crippen molar-refractivity contribution in [2.75, 3.05) is 19.8 Å².